The van der Waals surface area contributed by atoms with E-state index in [1.807, 2.05) is 44.2 Å². The number of likely N-dealkylation sites (N-methyl/N-ethyl adjacent to an activating group) is 1. The van der Waals surface area contributed by atoms with Gasteiger partial charge in [0.25, 0.3) is 0 Å². The van der Waals surface area contributed by atoms with Gasteiger partial charge in [-0.05, 0) is 44.9 Å². The first kappa shape index (κ1) is 27.2. The first-order valence-electron chi connectivity index (χ1n) is 11.5. The minimum absolute atomic E-state index is 0.0966. The van der Waals surface area contributed by atoms with Crippen molar-refractivity contribution in [3.05, 3.63) is 60.2 Å². The Morgan fingerprint density at radius 2 is 1.68 bits per heavy atom. The lowest BCUT2D eigenvalue weighted by Crippen LogP contribution is -2.47. The Morgan fingerprint density at radius 3 is 2.29 bits per heavy atom. The number of hydrogen-bond acceptors (Lipinski definition) is 5. The minimum atomic E-state index is -3.60. The average Bonchev–Trinajstić information content (AvgIpc) is 2.80. The van der Waals surface area contributed by atoms with E-state index in [2.05, 4.69) is 5.32 Å². The summed E-state index contributed by atoms with van der Waals surface area (Å²) in [5.41, 5.74) is 1.35. The van der Waals surface area contributed by atoms with Crippen LogP contribution < -0.4 is 14.4 Å². The number of ether oxygens (including phenoxy) is 1. The molecule has 0 saturated heterocycles. The highest BCUT2D eigenvalue weighted by molar-refractivity contribution is 7.92. The Bertz CT molecular complexity index is 1040. The number of anilines is 1. The molecule has 186 valence electrons. The molecule has 9 heteroatoms. The highest BCUT2D eigenvalue weighted by Crippen LogP contribution is 2.30. The van der Waals surface area contributed by atoms with Crippen LogP contribution in [0.2, 0.25) is 0 Å². The Labute approximate surface area is 202 Å². The fourth-order valence-corrected chi connectivity index (χ4v) is 4.58. The van der Waals surface area contributed by atoms with E-state index in [1.54, 1.807) is 36.1 Å². The Kier molecular flexibility index (Phi) is 10.4. The summed E-state index contributed by atoms with van der Waals surface area (Å²) in [5, 5.41) is 2.77. The van der Waals surface area contributed by atoms with Gasteiger partial charge in [-0.2, -0.15) is 0 Å². The summed E-state index contributed by atoms with van der Waals surface area (Å²) >= 11 is 0. The van der Waals surface area contributed by atoms with E-state index < -0.39 is 16.1 Å². The molecule has 2 rings (SSSR count). The Balaban J connectivity index is 2.17. The highest BCUT2D eigenvalue weighted by Gasteiger charge is 2.26. The molecule has 0 radical (unpaired) electrons. The second-order valence-corrected chi connectivity index (χ2v) is 9.82. The van der Waals surface area contributed by atoms with Gasteiger partial charge < -0.3 is 15.0 Å². The second-order valence-electron chi connectivity index (χ2n) is 7.92. The van der Waals surface area contributed by atoms with Crippen molar-refractivity contribution in [1.82, 2.24) is 10.2 Å². The molecule has 0 aliphatic carbocycles. The maximum atomic E-state index is 13.2. The van der Waals surface area contributed by atoms with Gasteiger partial charge in [0.05, 0.1) is 18.6 Å². The van der Waals surface area contributed by atoms with Gasteiger partial charge in [-0.1, -0.05) is 42.5 Å². The Morgan fingerprint density at radius 1 is 1.03 bits per heavy atom. The molecule has 1 N–H and O–H groups in total. The summed E-state index contributed by atoms with van der Waals surface area (Å²) in [6, 6.07) is 15.7. The van der Waals surface area contributed by atoms with E-state index >= 15 is 0 Å². The van der Waals surface area contributed by atoms with Crippen LogP contribution in [-0.2, 0) is 26.2 Å². The zero-order chi connectivity index (χ0) is 25.1. The van der Waals surface area contributed by atoms with Gasteiger partial charge in [-0.25, -0.2) is 8.42 Å². The number of carbonyl (C=O) groups excluding carboxylic acids is 2. The zero-order valence-electron chi connectivity index (χ0n) is 20.4. The maximum Gasteiger partial charge on any atom is 0.242 e. The number of nitrogens with zero attached hydrogens (tertiary/aromatic N) is 2. The standard InChI is InChI=1S/C25H35N3O5S/c1-5-26-25(30)20(3)27(19-21-13-8-7-9-14-21)24(29)17-12-18-28(34(4,31)32)22-15-10-11-16-23(22)33-6-2/h7-11,13-16,20H,5-6,12,17-19H2,1-4H3,(H,26,30)/t20-/m0/s1. The van der Waals surface area contributed by atoms with Crippen molar-refractivity contribution in [3.63, 3.8) is 0 Å². The number of carbonyl (C=O) groups is 2. The lowest BCUT2D eigenvalue weighted by Gasteiger charge is -2.29. The molecule has 0 spiro atoms. The number of nitrogens with one attached hydrogen (secondary N) is 1. The fraction of sp³-hybridized carbons (Fsp3) is 0.440. The van der Waals surface area contributed by atoms with Gasteiger partial charge in [-0.15, -0.1) is 0 Å². The second kappa shape index (κ2) is 13.0. The van der Waals surface area contributed by atoms with Crippen molar-refractivity contribution in [2.75, 3.05) is 30.3 Å². The van der Waals surface area contributed by atoms with Gasteiger partial charge in [-0.3, -0.25) is 13.9 Å². The highest BCUT2D eigenvalue weighted by atomic mass is 32.2. The summed E-state index contributed by atoms with van der Waals surface area (Å²) in [5.74, 6) is 0.0293. The third kappa shape index (κ3) is 7.76. The molecule has 8 nitrogen and oxygen atoms in total. The number of para-hydroxylation sites is 2. The van der Waals surface area contributed by atoms with Gasteiger partial charge in [0.15, 0.2) is 0 Å². The SMILES string of the molecule is CCNC(=O)[C@H](C)N(Cc1ccccc1)C(=O)CCCN(c1ccccc1OCC)S(C)(=O)=O. The number of hydrogen-bond donors (Lipinski definition) is 1. The third-order valence-electron chi connectivity index (χ3n) is 5.30. The van der Waals surface area contributed by atoms with E-state index in [0.29, 0.717) is 37.6 Å². The van der Waals surface area contributed by atoms with Crippen LogP contribution in [0.1, 0.15) is 39.2 Å². The van der Waals surface area contributed by atoms with Crippen molar-refractivity contribution in [1.29, 1.82) is 0 Å². The summed E-state index contributed by atoms with van der Waals surface area (Å²) < 4.78 is 31.9. The van der Waals surface area contributed by atoms with Crippen LogP contribution in [-0.4, -0.2) is 57.1 Å². The van der Waals surface area contributed by atoms with Crippen LogP contribution in [0.4, 0.5) is 5.69 Å². The largest absolute Gasteiger partial charge is 0.492 e. The monoisotopic (exact) mass is 489 g/mol. The predicted molar refractivity (Wildman–Crippen MR) is 134 cm³/mol. The van der Waals surface area contributed by atoms with Gasteiger partial charge in [0, 0.05) is 26.1 Å². The number of benzene rings is 2. The van der Waals surface area contributed by atoms with Crippen LogP contribution in [0, 0.1) is 0 Å². The maximum absolute atomic E-state index is 13.2. The molecule has 34 heavy (non-hydrogen) atoms. The third-order valence-corrected chi connectivity index (χ3v) is 6.48. The minimum Gasteiger partial charge on any atom is -0.492 e. The van der Waals surface area contributed by atoms with Crippen LogP contribution >= 0.6 is 0 Å². The molecule has 0 saturated carbocycles. The average molecular weight is 490 g/mol. The summed E-state index contributed by atoms with van der Waals surface area (Å²) in [6.07, 6.45) is 1.52. The van der Waals surface area contributed by atoms with Crippen molar-refractivity contribution in [2.24, 2.45) is 0 Å². The van der Waals surface area contributed by atoms with Crippen LogP contribution in [0.25, 0.3) is 0 Å². The van der Waals surface area contributed by atoms with Crippen LogP contribution in [0.5, 0.6) is 5.75 Å². The van der Waals surface area contributed by atoms with Gasteiger partial charge in [0.2, 0.25) is 21.8 Å². The molecule has 0 heterocycles. The predicted octanol–water partition coefficient (Wildman–Crippen LogP) is 3.18. The molecule has 0 bridgehead atoms. The molecule has 2 aromatic rings. The summed E-state index contributed by atoms with van der Waals surface area (Å²) in [4.78, 5) is 27.2. The fourth-order valence-electron chi connectivity index (χ4n) is 3.61. The lowest BCUT2D eigenvalue weighted by atomic mass is 10.1. The van der Waals surface area contributed by atoms with Crippen molar-refractivity contribution < 1.29 is 22.7 Å². The topological polar surface area (TPSA) is 96.0 Å². The molecular formula is C25H35N3O5S. The van der Waals surface area contributed by atoms with E-state index in [1.165, 1.54) is 4.31 Å². The first-order valence-corrected chi connectivity index (χ1v) is 13.3. The zero-order valence-corrected chi connectivity index (χ0v) is 21.2. The summed E-state index contributed by atoms with van der Waals surface area (Å²) in [6.45, 7) is 6.64. The molecule has 0 aliphatic heterocycles. The number of sulfonamides is 1. The Hall–Kier alpha value is -3.07. The van der Waals surface area contributed by atoms with E-state index in [0.717, 1.165) is 11.8 Å². The summed E-state index contributed by atoms with van der Waals surface area (Å²) in [7, 11) is -3.60. The number of rotatable bonds is 13. The molecule has 2 amide bonds. The van der Waals surface area contributed by atoms with E-state index in [-0.39, 0.29) is 24.8 Å². The molecule has 0 aliphatic rings. The quantitative estimate of drug-likeness (QED) is 0.466. The van der Waals surface area contributed by atoms with Crippen molar-refractivity contribution in [3.8, 4) is 5.75 Å². The van der Waals surface area contributed by atoms with Crippen molar-refractivity contribution >= 4 is 27.5 Å². The van der Waals surface area contributed by atoms with E-state index in [4.69, 9.17) is 4.74 Å². The van der Waals surface area contributed by atoms with Gasteiger partial charge >= 0.3 is 0 Å². The lowest BCUT2D eigenvalue weighted by molar-refractivity contribution is -0.140. The molecular weight excluding hydrogens is 454 g/mol. The smallest absolute Gasteiger partial charge is 0.242 e. The van der Waals surface area contributed by atoms with Crippen LogP contribution in [0.15, 0.2) is 54.6 Å². The molecule has 0 unspecified atom stereocenters. The molecule has 2 aromatic carbocycles. The molecule has 1 atom stereocenters. The molecule has 0 aromatic heterocycles. The first-order chi connectivity index (χ1) is 16.2. The van der Waals surface area contributed by atoms with E-state index in [9.17, 15) is 18.0 Å². The van der Waals surface area contributed by atoms with Gasteiger partial charge in [0.1, 0.15) is 11.8 Å². The number of amides is 2. The normalized spacial score (nSPS) is 12.0. The van der Waals surface area contributed by atoms with Crippen LogP contribution in [0.3, 0.4) is 0 Å². The van der Waals surface area contributed by atoms with Crippen molar-refractivity contribution in [2.45, 2.75) is 46.2 Å². The molecule has 0 fully saturated rings.